The summed E-state index contributed by atoms with van der Waals surface area (Å²) in [6, 6.07) is 6.05. The van der Waals surface area contributed by atoms with E-state index in [-0.39, 0.29) is 6.04 Å². The smallest absolute Gasteiger partial charge is 0.123 e. The minimum Gasteiger partial charge on any atom is -0.497 e. The van der Waals surface area contributed by atoms with Crippen LogP contribution in [-0.4, -0.2) is 25.7 Å². The van der Waals surface area contributed by atoms with Crippen molar-refractivity contribution in [3.05, 3.63) is 40.3 Å². The summed E-state index contributed by atoms with van der Waals surface area (Å²) in [5, 5.41) is 5.57. The van der Waals surface area contributed by atoms with Gasteiger partial charge in [0.2, 0.25) is 0 Å². The van der Waals surface area contributed by atoms with Crippen molar-refractivity contribution in [1.82, 2.24) is 10.3 Å². The first-order valence-corrected chi connectivity index (χ1v) is 7.51. The molecule has 0 saturated carbocycles. The second-order valence-electron chi connectivity index (χ2n) is 4.51. The lowest BCUT2D eigenvalue weighted by molar-refractivity contribution is 0.392. The fourth-order valence-electron chi connectivity index (χ4n) is 2.07. The topological polar surface area (TPSA) is 43.4 Å². The normalized spacial score (nSPS) is 12.2. The third-order valence-electron chi connectivity index (χ3n) is 3.22. The molecule has 1 atom stereocenters. The van der Waals surface area contributed by atoms with Crippen LogP contribution in [0, 0.1) is 0 Å². The Kier molecular flexibility index (Phi) is 5.38. The predicted molar refractivity (Wildman–Crippen MR) is 81.8 cm³/mol. The Hall–Kier alpha value is -1.59. The number of thiazole rings is 1. The van der Waals surface area contributed by atoms with Gasteiger partial charge in [-0.15, -0.1) is 11.3 Å². The van der Waals surface area contributed by atoms with Crippen LogP contribution >= 0.6 is 11.3 Å². The van der Waals surface area contributed by atoms with E-state index in [0.29, 0.717) is 0 Å². The number of nitrogens with one attached hydrogen (secondary N) is 1. The zero-order chi connectivity index (χ0) is 14.4. The molecule has 4 nitrogen and oxygen atoms in total. The van der Waals surface area contributed by atoms with Gasteiger partial charge in [-0.05, 0) is 25.1 Å². The fraction of sp³-hybridized carbons (Fsp3) is 0.400. The maximum Gasteiger partial charge on any atom is 0.123 e. The van der Waals surface area contributed by atoms with Crippen molar-refractivity contribution in [1.29, 1.82) is 0 Å². The van der Waals surface area contributed by atoms with Crippen LogP contribution in [0.1, 0.15) is 24.2 Å². The van der Waals surface area contributed by atoms with E-state index in [9.17, 15) is 0 Å². The molecule has 1 aromatic carbocycles. The van der Waals surface area contributed by atoms with Crippen molar-refractivity contribution in [3.63, 3.8) is 0 Å². The molecule has 0 aliphatic heterocycles. The van der Waals surface area contributed by atoms with Crippen molar-refractivity contribution >= 4 is 11.3 Å². The summed E-state index contributed by atoms with van der Waals surface area (Å²) in [4.78, 5) is 4.28. The molecule has 1 unspecified atom stereocenters. The molecule has 5 heteroatoms. The largest absolute Gasteiger partial charge is 0.497 e. The van der Waals surface area contributed by atoms with E-state index in [2.05, 4.69) is 22.6 Å². The summed E-state index contributed by atoms with van der Waals surface area (Å²) in [7, 11) is 3.36. The number of ether oxygens (including phenoxy) is 2. The van der Waals surface area contributed by atoms with Crippen molar-refractivity contribution in [3.8, 4) is 11.5 Å². The van der Waals surface area contributed by atoms with E-state index in [4.69, 9.17) is 9.47 Å². The van der Waals surface area contributed by atoms with Gasteiger partial charge in [0.15, 0.2) is 0 Å². The molecule has 2 rings (SSSR count). The van der Waals surface area contributed by atoms with Gasteiger partial charge in [-0.2, -0.15) is 0 Å². The Morgan fingerprint density at radius 2 is 2.15 bits per heavy atom. The third-order valence-corrected chi connectivity index (χ3v) is 3.85. The molecule has 108 valence electrons. The van der Waals surface area contributed by atoms with Crippen molar-refractivity contribution < 1.29 is 9.47 Å². The minimum absolute atomic E-state index is 0.193. The van der Waals surface area contributed by atoms with Crippen LogP contribution in [0.3, 0.4) is 0 Å². The summed E-state index contributed by atoms with van der Waals surface area (Å²) in [6.45, 7) is 3.00. The molecule has 0 fully saturated rings. The second kappa shape index (κ2) is 7.26. The summed E-state index contributed by atoms with van der Waals surface area (Å²) >= 11 is 1.63. The van der Waals surface area contributed by atoms with E-state index in [1.54, 1.807) is 25.6 Å². The first-order chi connectivity index (χ1) is 9.74. The number of hydrogen-bond acceptors (Lipinski definition) is 5. The van der Waals surface area contributed by atoms with E-state index < -0.39 is 0 Å². The zero-order valence-electron chi connectivity index (χ0n) is 12.1. The van der Waals surface area contributed by atoms with E-state index in [1.807, 2.05) is 23.7 Å². The first kappa shape index (κ1) is 14.8. The van der Waals surface area contributed by atoms with Crippen LogP contribution < -0.4 is 14.8 Å². The molecule has 0 saturated heterocycles. The molecule has 0 radical (unpaired) electrons. The highest BCUT2D eigenvalue weighted by Gasteiger charge is 2.12. The predicted octanol–water partition coefficient (Wildman–Crippen LogP) is 3.05. The van der Waals surface area contributed by atoms with Crippen LogP contribution in [0.2, 0.25) is 0 Å². The first-order valence-electron chi connectivity index (χ1n) is 6.57. The van der Waals surface area contributed by atoms with Crippen LogP contribution in [0.5, 0.6) is 11.5 Å². The minimum atomic E-state index is 0.193. The maximum atomic E-state index is 5.41. The van der Waals surface area contributed by atoms with Gasteiger partial charge in [0, 0.05) is 30.0 Å². The van der Waals surface area contributed by atoms with E-state index >= 15 is 0 Å². The second-order valence-corrected chi connectivity index (χ2v) is 5.23. The lowest BCUT2D eigenvalue weighted by Gasteiger charge is -2.18. The molecule has 0 amide bonds. The average molecular weight is 292 g/mol. The van der Waals surface area contributed by atoms with Crippen LogP contribution in [-0.2, 0) is 6.42 Å². The lowest BCUT2D eigenvalue weighted by atomic mass is 10.1. The molecule has 0 aliphatic rings. The number of hydrogen-bond donors (Lipinski definition) is 1. The molecule has 1 aromatic heterocycles. The van der Waals surface area contributed by atoms with Gasteiger partial charge in [-0.25, -0.2) is 4.98 Å². The molecular weight excluding hydrogens is 272 g/mol. The van der Waals surface area contributed by atoms with Gasteiger partial charge in [-0.1, -0.05) is 0 Å². The highest BCUT2D eigenvalue weighted by molar-refractivity contribution is 7.07. The number of rotatable bonds is 7. The van der Waals surface area contributed by atoms with Crippen LogP contribution in [0.4, 0.5) is 0 Å². The van der Waals surface area contributed by atoms with Crippen LogP contribution in [0.25, 0.3) is 0 Å². The molecule has 20 heavy (non-hydrogen) atoms. The highest BCUT2D eigenvalue weighted by atomic mass is 32.1. The number of methoxy groups -OCH3 is 2. The average Bonchev–Trinajstić information content (AvgIpc) is 2.99. The van der Waals surface area contributed by atoms with Crippen LogP contribution in [0.15, 0.2) is 29.1 Å². The molecule has 0 spiro atoms. The number of aromatic nitrogens is 1. The van der Waals surface area contributed by atoms with E-state index in [1.165, 1.54) is 0 Å². The number of nitrogens with zero attached hydrogens (tertiary/aromatic N) is 1. The molecular formula is C15H20N2O2S. The monoisotopic (exact) mass is 292 g/mol. The van der Waals surface area contributed by atoms with Gasteiger partial charge in [0.25, 0.3) is 0 Å². The maximum absolute atomic E-state index is 5.41. The fourth-order valence-corrected chi connectivity index (χ4v) is 2.66. The van der Waals surface area contributed by atoms with Crippen molar-refractivity contribution in [2.24, 2.45) is 0 Å². The van der Waals surface area contributed by atoms with Gasteiger partial charge in [-0.3, -0.25) is 0 Å². The quantitative estimate of drug-likeness (QED) is 0.852. The Morgan fingerprint density at radius 1 is 1.30 bits per heavy atom. The Balaban J connectivity index is 1.98. The Morgan fingerprint density at radius 3 is 2.80 bits per heavy atom. The highest BCUT2D eigenvalue weighted by Crippen LogP contribution is 2.29. The van der Waals surface area contributed by atoms with Gasteiger partial charge in [0.1, 0.15) is 11.5 Å². The lowest BCUT2D eigenvalue weighted by Crippen LogP contribution is -2.22. The SMILES string of the molecule is COc1ccc(OC)c(C(C)NCCc2cscn2)c1. The van der Waals surface area contributed by atoms with Gasteiger partial charge < -0.3 is 14.8 Å². The molecule has 0 bridgehead atoms. The van der Waals surface area contributed by atoms with Gasteiger partial charge >= 0.3 is 0 Å². The molecule has 1 N–H and O–H groups in total. The molecule has 1 heterocycles. The summed E-state index contributed by atoms with van der Waals surface area (Å²) in [5.41, 5.74) is 4.10. The van der Waals surface area contributed by atoms with Crippen molar-refractivity contribution in [2.75, 3.05) is 20.8 Å². The molecule has 2 aromatic rings. The summed E-state index contributed by atoms with van der Waals surface area (Å²) < 4.78 is 10.7. The summed E-state index contributed by atoms with van der Waals surface area (Å²) in [6.07, 6.45) is 0.931. The Labute approximate surface area is 123 Å². The molecule has 0 aliphatic carbocycles. The third kappa shape index (κ3) is 3.71. The zero-order valence-corrected chi connectivity index (χ0v) is 12.9. The Bertz CT molecular complexity index is 529. The van der Waals surface area contributed by atoms with Crippen molar-refractivity contribution in [2.45, 2.75) is 19.4 Å². The van der Waals surface area contributed by atoms with Gasteiger partial charge in [0.05, 0.1) is 25.4 Å². The number of benzene rings is 1. The standard InChI is InChI=1S/C15H20N2O2S/c1-11(16-7-6-12-9-20-10-17-12)14-8-13(18-2)4-5-15(14)19-3/h4-5,8-11,16H,6-7H2,1-3H3. The van der Waals surface area contributed by atoms with E-state index in [0.717, 1.165) is 35.7 Å². The summed E-state index contributed by atoms with van der Waals surface area (Å²) in [5.74, 6) is 1.72.